The lowest BCUT2D eigenvalue weighted by Crippen LogP contribution is -2.45. The third-order valence-corrected chi connectivity index (χ3v) is 2.87. The van der Waals surface area contributed by atoms with Gasteiger partial charge in [-0.3, -0.25) is 4.90 Å². The van der Waals surface area contributed by atoms with Gasteiger partial charge < -0.3 is 0 Å². The van der Waals surface area contributed by atoms with Crippen LogP contribution in [0.2, 0.25) is 0 Å². The fourth-order valence-corrected chi connectivity index (χ4v) is 1.76. The molecule has 0 amide bonds. The Balaban J connectivity index is 2.50. The Morgan fingerprint density at radius 3 is 2.85 bits per heavy atom. The first kappa shape index (κ1) is 10.5. The average molecular weight is 184 g/mol. The van der Waals surface area contributed by atoms with Crippen molar-refractivity contribution in [1.29, 1.82) is 5.26 Å². The van der Waals surface area contributed by atoms with Crippen LogP contribution < -0.4 is 0 Å². The van der Waals surface area contributed by atoms with Crippen LogP contribution >= 0.6 is 0 Å². The topological polar surface area (TPSA) is 27.0 Å². The second-order valence-electron chi connectivity index (χ2n) is 3.83. The molecule has 1 saturated heterocycles. The van der Waals surface area contributed by atoms with Crippen molar-refractivity contribution in [2.24, 2.45) is 5.92 Å². The molecule has 1 rings (SSSR count). The second kappa shape index (κ2) is 4.57. The molecule has 74 valence electrons. The van der Waals surface area contributed by atoms with E-state index in [2.05, 4.69) is 6.07 Å². The Morgan fingerprint density at radius 2 is 2.38 bits per heavy atom. The molecule has 3 atom stereocenters. The molecule has 1 aliphatic rings. The van der Waals surface area contributed by atoms with Gasteiger partial charge in [0.15, 0.2) is 0 Å². The number of alkyl halides is 1. The molecule has 0 N–H and O–H groups in total. The van der Waals surface area contributed by atoms with Crippen LogP contribution in [0, 0.1) is 17.2 Å². The van der Waals surface area contributed by atoms with Crippen LogP contribution in [0.25, 0.3) is 0 Å². The highest BCUT2D eigenvalue weighted by molar-refractivity contribution is 4.93. The molecule has 3 unspecified atom stereocenters. The Labute approximate surface area is 79.3 Å². The first-order valence-electron chi connectivity index (χ1n) is 4.96. The van der Waals surface area contributed by atoms with Gasteiger partial charge in [0.05, 0.1) is 12.1 Å². The highest BCUT2D eigenvalue weighted by atomic mass is 19.1. The van der Waals surface area contributed by atoms with E-state index in [9.17, 15) is 4.39 Å². The van der Waals surface area contributed by atoms with E-state index in [1.807, 2.05) is 18.7 Å². The summed E-state index contributed by atoms with van der Waals surface area (Å²) in [6, 6.07) is 2.12. The summed E-state index contributed by atoms with van der Waals surface area (Å²) in [5.41, 5.74) is 0. The van der Waals surface area contributed by atoms with Gasteiger partial charge in [0.2, 0.25) is 0 Å². The number of piperidine rings is 1. The second-order valence-corrected chi connectivity index (χ2v) is 3.83. The van der Waals surface area contributed by atoms with E-state index in [1.54, 1.807) is 0 Å². The van der Waals surface area contributed by atoms with Crippen LogP contribution in [0.5, 0.6) is 0 Å². The maximum absolute atomic E-state index is 13.3. The van der Waals surface area contributed by atoms with E-state index < -0.39 is 6.17 Å². The third kappa shape index (κ3) is 2.41. The highest BCUT2D eigenvalue weighted by Crippen LogP contribution is 2.21. The first-order valence-corrected chi connectivity index (χ1v) is 4.96. The molecule has 1 fully saturated rings. The lowest BCUT2D eigenvalue weighted by atomic mass is 9.96. The zero-order chi connectivity index (χ0) is 9.84. The van der Waals surface area contributed by atoms with Gasteiger partial charge in [0.1, 0.15) is 6.17 Å². The summed E-state index contributed by atoms with van der Waals surface area (Å²) < 4.78 is 13.3. The minimum absolute atomic E-state index is 0.0919. The Kier molecular flexibility index (Phi) is 3.68. The summed E-state index contributed by atoms with van der Waals surface area (Å²) in [7, 11) is 0. The summed E-state index contributed by atoms with van der Waals surface area (Å²) >= 11 is 0. The van der Waals surface area contributed by atoms with E-state index >= 15 is 0 Å². The van der Waals surface area contributed by atoms with Gasteiger partial charge in [-0.15, -0.1) is 0 Å². The van der Waals surface area contributed by atoms with Gasteiger partial charge in [0, 0.05) is 6.54 Å². The quantitative estimate of drug-likeness (QED) is 0.656. The zero-order valence-electron chi connectivity index (χ0n) is 8.33. The molecular formula is C10H17FN2. The van der Waals surface area contributed by atoms with Gasteiger partial charge >= 0.3 is 0 Å². The lowest BCUT2D eigenvalue weighted by molar-refractivity contribution is 0.0766. The number of rotatable bonds is 2. The largest absolute Gasteiger partial charge is 0.285 e. The summed E-state index contributed by atoms with van der Waals surface area (Å²) in [6.45, 7) is 5.22. The van der Waals surface area contributed by atoms with Crippen molar-refractivity contribution in [2.45, 2.75) is 38.9 Å². The maximum atomic E-state index is 13.3. The maximum Gasteiger partial charge on any atom is 0.115 e. The Bertz CT molecular complexity index is 200. The zero-order valence-corrected chi connectivity index (χ0v) is 8.33. The Morgan fingerprint density at radius 1 is 1.69 bits per heavy atom. The van der Waals surface area contributed by atoms with Crippen LogP contribution in [0.15, 0.2) is 0 Å². The molecule has 0 radical (unpaired) electrons. The van der Waals surface area contributed by atoms with Gasteiger partial charge in [0.25, 0.3) is 0 Å². The van der Waals surface area contributed by atoms with Gasteiger partial charge in [-0.05, 0) is 25.3 Å². The van der Waals surface area contributed by atoms with Gasteiger partial charge in [-0.2, -0.15) is 5.26 Å². The predicted molar refractivity (Wildman–Crippen MR) is 49.9 cm³/mol. The van der Waals surface area contributed by atoms with Crippen LogP contribution in [0.1, 0.15) is 26.7 Å². The van der Waals surface area contributed by atoms with Gasteiger partial charge in [-0.25, -0.2) is 4.39 Å². The van der Waals surface area contributed by atoms with Crippen molar-refractivity contribution in [3.8, 4) is 6.07 Å². The smallest absolute Gasteiger partial charge is 0.115 e. The predicted octanol–water partition coefficient (Wildman–Crippen LogP) is 1.97. The molecule has 0 aliphatic carbocycles. The molecule has 3 heteroatoms. The standard InChI is InChI=1S/C10H17FN2/c1-3-9(6-12)13-5-4-8(2)10(11)7-13/h8-10H,3-5,7H2,1-2H3. The van der Waals surface area contributed by atoms with Crippen molar-refractivity contribution in [3.63, 3.8) is 0 Å². The average Bonchev–Trinajstić information content (AvgIpc) is 2.13. The molecule has 0 spiro atoms. The SMILES string of the molecule is CCC(C#N)N1CCC(C)C(F)C1. The fraction of sp³-hybridized carbons (Fsp3) is 0.900. The van der Waals surface area contributed by atoms with Crippen molar-refractivity contribution in [1.82, 2.24) is 4.90 Å². The lowest BCUT2D eigenvalue weighted by Gasteiger charge is -2.35. The molecule has 1 heterocycles. The molecule has 0 saturated carbocycles. The molecule has 0 aromatic carbocycles. The van der Waals surface area contributed by atoms with Gasteiger partial charge in [-0.1, -0.05) is 13.8 Å². The fourth-order valence-electron chi connectivity index (χ4n) is 1.76. The number of nitrogens with zero attached hydrogens (tertiary/aromatic N) is 2. The van der Waals surface area contributed by atoms with E-state index in [0.29, 0.717) is 6.54 Å². The van der Waals surface area contributed by atoms with Crippen LogP contribution in [0.4, 0.5) is 4.39 Å². The van der Waals surface area contributed by atoms with Crippen molar-refractivity contribution < 1.29 is 4.39 Å². The molecule has 1 aliphatic heterocycles. The van der Waals surface area contributed by atoms with Crippen molar-refractivity contribution in [2.75, 3.05) is 13.1 Å². The normalized spacial score (nSPS) is 32.5. The van der Waals surface area contributed by atoms with Crippen LogP contribution in [-0.2, 0) is 0 Å². The molecule has 0 aromatic rings. The summed E-state index contributed by atoms with van der Waals surface area (Å²) in [4.78, 5) is 1.96. The monoisotopic (exact) mass is 184 g/mol. The van der Waals surface area contributed by atoms with E-state index in [4.69, 9.17) is 5.26 Å². The van der Waals surface area contributed by atoms with E-state index in [1.165, 1.54) is 0 Å². The van der Waals surface area contributed by atoms with Crippen LogP contribution in [0.3, 0.4) is 0 Å². The number of hydrogen-bond acceptors (Lipinski definition) is 2. The number of nitriles is 1. The summed E-state index contributed by atoms with van der Waals surface area (Å²) in [5.74, 6) is 0.160. The molecule has 0 aromatic heterocycles. The third-order valence-electron chi connectivity index (χ3n) is 2.87. The summed E-state index contributed by atoms with van der Waals surface area (Å²) in [5, 5.41) is 8.82. The summed E-state index contributed by atoms with van der Waals surface area (Å²) in [6.07, 6.45) is 0.910. The number of halogens is 1. The minimum Gasteiger partial charge on any atom is -0.285 e. The number of likely N-dealkylation sites (tertiary alicyclic amines) is 1. The van der Waals surface area contributed by atoms with Crippen molar-refractivity contribution >= 4 is 0 Å². The van der Waals surface area contributed by atoms with Crippen molar-refractivity contribution in [3.05, 3.63) is 0 Å². The first-order chi connectivity index (χ1) is 6.19. The van der Waals surface area contributed by atoms with Crippen LogP contribution in [-0.4, -0.2) is 30.2 Å². The van der Waals surface area contributed by atoms with E-state index in [0.717, 1.165) is 19.4 Å². The number of hydrogen-bond donors (Lipinski definition) is 0. The minimum atomic E-state index is -0.754. The molecular weight excluding hydrogens is 167 g/mol. The molecule has 13 heavy (non-hydrogen) atoms. The molecule has 0 bridgehead atoms. The molecule has 2 nitrogen and oxygen atoms in total. The highest BCUT2D eigenvalue weighted by Gasteiger charge is 2.29. The Hall–Kier alpha value is -0.620. The van der Waals surface area contributed by atoms with E-state index in [-0.39, 0.29) is 12.0 Å².